The number of carbonyl (C=O) groups is 1. The summed E-state index contributed by atoms with van der Waals surface area (Å²) in [7, 11) is 0. The molecule has 1 aliphatic rings. The van der Waals surface area contributed by atoms with Crippen molar-refractivity contribution in [3.63, 3.8) is 0 Å². The van der Waals surface area contributed by atoms with E-state index in [1.807, 2.05) is 29.2 Å². The fourth-order valence-corrected chi connectivity index (χ4v) is 2.88. The Morgan fingerprint density at radius 1 is 1.20 bits per heavy atom. The molecule has 0 aliphatic carbocycles. The Balaban J connectivity index is 0.00000156. The van der Waals surface area contributed by atoms with Crippen LogP contribution in [-0.4, -0.2) is 34.9 Å². The highest BCUT2D eigenvalue weighted by Crippen LogP contribution is 2.23. The van der Waals surface area contributed by atoms with Crippen LogP contribution in [-0.2, 0) is 0 Å². The molecule has 0 radical (unpaired) electrons. The van der Waals surface area contributed by atoms with Crippen LogP contribution in [0, 0.1) is 0 Å². The predicted octanol–water partition coefficient (Wildman–Crippen LogP) is 4.04. The van der Waals surface area contributed by atoms with E-state index in [1.165, 1.54) is 0 Å². The average Bonchev–Trinajstić information content (AvgIpc) is 2.56. The molecule has 136 valence electrons. The first kappa shape index (κ1) is 21.7. The lowest BCUT2D eigenvalue weighted by molar-refractivity contribution is 0.0714. The summed E-state index contributed by atoms with van der Waals surface area (Å²) in [6, 6.07) is 11.2. The number of ether oxygens (including phenoxy) is 1. The van der Waals surface area contributed by atoms with E-state index in [-0.39, 0.29) is 36.8 Å². The third-order valence-corrected chi connectivity index (χ3v) is 4.32. The number of hydrogen-bond acceptors (Lipinski definition) is 4. The van der Waals surface area contributed by atoms with Crippen LogP contribution in [0.25, 0.3) is 0 Å². The zero-order valence-corrected chi connectivity index (χ0v) is 16.6. The maximum atomic E-state index is 12.4. The number of aromatic nitrogens is 1. The number of piperidine rings is 1. The first-order chi connectivity index (χ1) is 11.1. The number of rotatable bonds is 3. The Labute approximate surface area is 167 Å². The van der Waals surface area contributed by atoms with Gasteiger partial charge in [0.25, 0.3) is 5.91 Å². The van der Waals surface area contributed by atoms with E-state index in [0.717, 1.165) is 17.3 Å². The lowest BCUT2D eigenvalue weighted by Crippen LogP contribution is -2.42. The van der Waals surface area contributed by atoms with Crippen molar-refractivity contribution in [1.82, 2.24) is 9.88 Å². The van der Waals surface area contributed by atoms with Crippen LogP contribution in [0.15, 0.2) is 47.1 Å². The first-order valence-electron chi connectivity index (χ1n) is 7.56. The third kappa shape index (κ3) is 5.85. The molecule has 1 aromatic heterocycles. The molecule has 8 heteroatoms. The molecule has 2 N–H and O–H groups in total. The molecule has 1 amide bonds. The van der Waals surface area contributed by atoms with Crippen LogP contribution in [0.4, 0.5) is 0 Å². The van der Waals surface area contributed by atoms with E-state index in [0.29, 0.717) is 30.3 Å². The van der Waals surface area contributed by atoms with Crippen molar-refractivity contribution in [3.05, 3.63) is 52.6 Å². The number of pyridine rings is 1. The van der Waals surface area contributed by atoms with Gasteiger partial charge in [-0.1, -0.05) is 22.0 Å². The SMILES string of the molecule is Cl.Cl.NC1CCN(C(=O)c2ccc(Oc3cccc(Br)c3)nc2)CC1. The third-order valence-electron chi connectivity index (χ3n) is 3.83. The second-order valence-corrected chi connectivity index (χ2v) is 6.49. The Kier molecular flexibility index (Phi) is 8.65. The van der Waals surface area contributed by atoms with Gasteiger partial charge in [0.15, 0.2) is 0 Å². The van der Waals surface area contributed by atoms with E-state index >= 15 is 0 Å². The van der Waals surface area contributed by atoms with Gasteiger partial charge in [0.05, 0.1) is 5.56 Å². The normalized spacial score (nSPS) is 14.2. The van der Waals surface area contributed by atoms with Crippen LogP contribution < -0.4 is 10.5 Å². The molecule has 5 nitrogen and oxygen atoms in total. The summed E-state index contributed by atoms with van der Waals surface area (Å²) in [5, 5.41) is 0. The number of hydrogen-bond donors (Lipinski definition) is 1. The molecular weight excluding hydrogens is 429 g/mol. The number of amides is 1. The molecule has 0 spiro atoms. The molecule has 1 saturated heterocycles. The van der Waals surface area contributed by atoms with Gasteiger partial charge >= 0.3 is 0 Å². The molecule has 25 heavy (non-hydrogen) atoms. The molecule has 2 heterocycles. The highest BCUT2D eigenvalue weighted by molar-refractivity contribution is 9.10. The standard InChI is InChI=1S/C17H18BrN3O2.2ClH/c18-13-2-1-3-15(10-13)23-16-5-4-12(11-20-16)17(22)21-8-6-14(19)7-9-21;;/h1-5,10-11,14H,6-9,19H2;2*1H. The summed E-state index contributed by atoms with van der Waals surface area (Å²) in [5.41, 5.74) is 6.44. The van der Waals surface area contributed by atoms with E-state index in [4.69, 9.17) is 10.5 Å². The zero-order chi connectivity index (χ0) is 16.2. The molecule has 0 atom stereocenters. The molecular formula is C17H20BrCl2N3O2. The van der Waals surface area contributed by atoms with E-state index in [2.05, 4.69) is 20.9 Å². The molecule has 0 unspecified atom stereocenters. The smallest absolute Gasteiger partial charge is 0.255 e. The van der Waals surface area contributed by atoms with Crippen molar-refractivity contribution in [2.24, 2.45) is 5.73 Å². The average molecular weight is 449 g/mol. The number of halogens is 3. The first-order valence-corrected chi connectivity index (χ1v) is 8.35. The Hall–Kier alpha value is -1.34. The van der Waals surface area contributed by atoms with Crippen LogP contribution in [0.3, 0.4) is 0 Å². The van der Waals surface area contributed by atoms with Crippen LogP contribution >= 0.6 is 40.7 Å². The van der Waals surface area contributed by atoms with Crippen molar-refractivity contribution in [3.8, 4) is 11.6 Å². The van der Waals surface area contributed by atoms with Gasteiger partial charge in [0.1, 0.15) is 5.75 Å². The molecule has 1 aliphatic heterocycles. The highest BCUT2D eigenvalue weighted by atomic mass is 79.9. The zero-order valence-electron chi connectivity index (χ0n) is 13.4. The van der Waals surface area contributed by atoms with Gasteiger partial charge in [-0.05, 0) is 37.1 Å². The largest absolute Gasteiger partial charge is 0.439 e. The minimum Gasteiger partial charge on any atom is -0.439 e. The second-order valence-electron chi connectivity index (χ2n) is 5.57. The van der Waals surface area contributed by atoms with Gasteiger partial charge in [0, 0.05) is 35.9 Å². The minimum atomic E-state index is -0.00148. The predicted molar refractivity (Wildman–Crippen MR) is 106 cm³/mol. The fraction of sp³-hybridized carbons (Fsp3) is 0.294. The van der Waals surface area contributed by atoms with Crippen molar-refractivity contribution < 1.29 is 9.53 Å². The summed E-state index contributed by atoms with van der Waals surface area (Å²) in [6.07, 6.45) is 3.26. The number of carbonyl (C=O) groups excluding carboxylic acids is 1. The quantitative estimate of drug-likeness (QED) is 0.769. The van der Waals surface area contributed by atoms with Gasteiger partial charge in [0.2, 0.25) is 5.88 Å². The summed E-state index contributed by atoms with van der Waals surface area (Å²) in [5.74, 6) is 1.15. The Morgan fingerprint density at radius 3 is 2.52 bits per heavy atom. The molecule has 0 bridgehead atoms. The number of nitrogens with two attached hydrogens (primary N) is 1. The van der Waals surface area contributed by atoms with Crippen molar-refractivity contribution in [1.29, 1.82) is 0 Å². The molecule has 1 aromatic carbocycles. The molecule has 1 fully saturated rings. The monoisotopic (exact) mass is 447 g/mol. The molecule has 0 saturated carbocycles. The summed E-state index contributed by atoms with van der Waals surface area (Å²) in [6.45, 7) is 1.41. The molecule has 3 rings (SSSR count). The van der Waals surface area contributed by atoms with Gasteiger partial charge < -0.3 is 15.4 Å². The van der Waals surface area contributed by atoms with Crippen LogP contribution in [0.5, 0.6) is 11.6 Å². The van der Waals surface area contributed by atoms with Gasteiger partial charge in [-0.2, -0.15) is 0 Å². The van der Waals surface area contributed by atoms with E-state index in [1.54, 1.807) is 18.3 Å². The van der Waals surface area contributed by atoms with Crippen molar-refractivity contribution in [2.45, 2.75) is 18.9 Å². The maximum Gasteiger partial charge on any atom is 0.255 e. The lowest BCUT2D eigenvalue weighted by Gasteiger charge is -2.30. The van der Waals surface area contributed by atoms with E-state index in [9.17, 15) is 4.79 Å². The maximum absolute atomic E-state index is 12.4. The Morgan fingerprint density at radius 2 is 1.92 bits per heavy atom. The topological polar surface area (TPSA) is 68.5 Å². The van der Waals surface area contributed by atoms with Gasteiger partial charge in [-0.3, -0.25) is 4.79 Å². The van der Waals surface area contributed by atoms with Crippen LogP contribution in [0.1, 0.15) is 23.2 Å². The number of likely N-dealkylation sites (tertiary alicyclic amines) is 1. The van der Waals surface area contributed by atoms with Crippen LogP contribution in [0.2, 0.25) is 0 Å². The van der Waals surface area contributed by atoms with Crippen molar-refractivity contribution in [2.75, 3.05) is 13.1 Å². The molecule has 2 aromatic rings. The van der Waals surface area contributed by atoms with E-state index < -0.39 is 0 Å². The second kappa shape index (κ2) is 9.97. The highest BCUT2D eigenvalue weighted by Gasteiger charge is 2.21. The van der Waals surface area contributed by atoms with Crippen molar-refractivity contribution >= 4 is 46.7 Å². The summed E-state index contributed by atoms with van der Waals surface area (Å²) >= 11 is 3.39. The van der Waals surface area contributed by atoms with Gasteiger partial charge in [-0.15, -0.1) is 24.8 Å². The minimum absolute atomic E-state index is 0. The fourth-order valence-electron chi connectivity index (χ4n) is 2.50. The lowest BCUT2D eigenvalue weighted by atomic mass is 10.1. The number of nitrogens with zero attached hydrogens (tertiary/aromatic N) is 2. The summed E-state index contributed by atoms with van der Waals surface area (Å²) in [4.78, 5) is 18.5. The summed E-state index contributed by atoms with van der Waals surface area (Å²) < 4.78 is 6.61. The Bertz CT molecular complexity index is 693. The number of benzene rings is 1. The van der Waals surface area contributed by atoms with Gasteiger partial charge in [-0.25, -0.2) is 4.98 Å².